The van der Waals surface area contributed by atoms with Gasteiger partial charge in [0.05, 0.1) is 18.9 Å². The number of aromatic nitrogens is 2. The minimum absolute atomic E-state index is 0.0524. The molecule has 2 N–H and O–H groups in total. The number of aryl methyl sites for hydroxylation is 1. The van der Waals surface area contributed by atoms with E-state index in [9.17, 15) is 4.79 Å². The zero-order chi connectivity index (χ0) is 11.4. The lowest BCUT2D eigenvalue weighted by atomic mass is 10.1. The molecule has 88 valence electrons. The van der Waals surface area contributed by atoms with Gasteiger partial charge >= 0.3 is 0 Å². The van der Waals surface area contributed by atoms with Gasteiger partial charge in [-0.2, -0.15) is 0 Å². The number of aromatic amines is 1. The van der Waals surface area contributed by atoms with Crippen molar-refractivity contribution in [2.24, 2.45) is 0 Å². The fraction of sp³-hybridized carbons (Fsp3) is 0.636. The molecule has 1 aromatic heterocycles. The molecular formula is C11H16N2O3. The minimum Gasteiger partial charge on any atom is -0.396 e. The smallest absolute Gasteiger partial charge is 0.254 e. The molecule has 0 radical (unpaired) electrons. The van der Waals surface area contributed by atoms with Crippen molar-refractivity contribution in [3.63, 3.8) is 0 Å². The van der Waals surface area contributed by atoms with Crippen molar-refractivity contribution in [3.05, 3.63) is 27.4 Å². The van der Waals surface area contributed by atoms with Gasteiger partial charge < -0.3 is 14.8 Å². The Hall–Kier alpha value is -1.20. The van der Waals surface area contributed by atoms with Crippen LogP contribution in [0.5, 0.6) is 0 Å². The number of nitrogens with zero attached hydrogens (tertiary/aromatic N) is 1. The van der Waals surface area contributed by atoms with Gasteiger partial charge in [0.2, 0.25) is 0 Å². The highest BCUT2D eigenvalue weighted by Crippen LogP contribution is 2.08. The summed E-state index contributed by atoms with van der Waals surface area (Å²) >= 11 is 0. The molecule has 16 heavy (non-hydrogen) atoms. The molecule has 2 heterocycles. The third kappa shape index (κ3) is 2.48. The van der Waals surface area contributed by atoms with E-state index in [1.807, 2.05) is 0 Å². The summed E-state index contributed by atoms with van der Waals surface area (Å²) < 4.78 is 5.32. The molecule has 0 unspecified atom stereocenters. The lowest BCUT2D eigenvalue weighted by Crippen LogP contribution is -2.20. The Balaban J connectivity index is 2.28. The van der Waals surface area contributed by atoms with E-state index in [0.717, 1.165) is 11.3 Å². The Morgan fingerprint density at radius 1 is 1.38 bits per heavy atom. The fourth-order valence-electron chi connectivity index (χ4n) is 1.87. The molecule has 0 atom stereocenters. The van der Waals surface area contributed by atoms with Crippen molar-refractivity contribution < 1.29 is 9.84 Å². The molecule has 0 aromatic carbocycles. The second kappa shape index (κ2) is 5.23. The predicted molar refractivity (Wildman–Crippen MR) is 58.5 cm³/mol. The maximum absolute atomic E-state index is 11.8. The van der Waals surface area contributed by atoms with Crippen LogP contribution in [0.15, 0.2) is 4.79 Å². The second-order valence-corrected chi connectivity index (χ2v) is 3.88. The summed E-state index contributed by atoms with van der Waals surface area (Å²) in [5.41, 5.74) is 1.56. The number of hydrogen-bond acceptors (Lipinski definition) is 4. The molecule has 0 bridgehead atoms. The van der Waals surface area contributed by atoms with Crippen molar-refractivity contribution in [2.45, 2.75) is 25.7 Å². The Bertz CT molecular complexity index is 414. The van der Waals surface area contributed by atoms with Gasteiger partial charge in [0.25, 0.3) is 5.56 Å². The minimum atomic E-state index is -0.0524. The predicted octanol–water partition coefficient (Wildman–Crippen LogP) is -0.190. The average Bonchev–Trinajstić information content (AvgIpc) is 2.51. The van der Waals surface area contributed by atoms with Crippen LogP contribution in [0.25, 0.3) is 0 Å². The van der Waals surface area contributed by atoms with Gasteiger partial charge in [-0.25, -0.2) is 4.98 Å². The second-order valence-electron chi connectivity index (χ2n) is 3.88. The van der Waals surface area contributed by atoms with Gasteiger partial charge in [-0.3, -0.25) is 4.79 Å². The Kier molecular flexibility index (Phi) is 3.69. The maximum Gasteiger partial charge on any atom is 0.254 e. The normalized spacial score (nSPS) is 15.6. The van der Waals surface area contributed by atoms with E-state index in [4.69, 9.17) is 9.84 Å². The highest BCUT2D eigenvalue weighted by atomic mass is 16.5. The van der Waals surface area contributed by atoms with E-state index in [0.29, 0.717) is 44.7 Å². The van der Waals surface area contributed by atoms with Gasteiger partial charge in [-0.05, 0) is 6.42 Å². The molecule has 0 fully saturated rings. The van der Waals surface area contributed by atoms with Crippen molar-refractivity contribution in [1.82, 2.24) is 9.97 Å². The van der Waals surface area contributed by atoms with Gasteiger partial charge in [0.1, 0.15) is 5.82 Å². The lowest BCUT2D eigenvalue weighted by molar-refractivity contribution is 0.146. The monoisotopic (exact) mass is 224 g/mol. The van der Waals surface area contributed by atoms with Crippen molar-refractivity contribution >= 4 is 0 Å². The van der Waals surface area contributed by atoms with Gasteiger partial charge in [-0.1, -0.05) is 0 Å². The summed E-state index contributed by atoms with van der Waals surface area (Å²) in [4.78, 5) is 19.0. The zero-order valence-electron chi connectivity index (χ0n) is 9.16. The van der Waals surface area contributed by atoms with Crippen LogP contribution in [0.4, 0.5) is 0 Å². The third-order valence-corrected chi connectivity index (χ3v) is 2.70. The zero-order valence-corrected chi connectivity index (χ0v) is 9.16. The number of aliphatic hydroxyl groups excluding tert-OH is 1. The summed E-state index contributed by atoms with van der Waals surface area (Å²) in [6.07, 6.45) is 2.57. The third-order valence-electron chi connectivity index (χ3n) is 2.70. The summed E-state index contributed by atoms with van der Waals surface area (Å²) in [6, 6.07) is 0. The summed E-state index contributed by atoms with van der Waals surface area (Å²) in [6.45, 7) is 1.33. The average molecular weight is 224 g/mol. The van der Waals surface area contributed by atoms with Gasteiger partial charge in [-0.15, -0.1) is 0 Å². The number of ether oxygens (including phenoxy) is 1. The topological polar surface area (TPSA) is 75.2 Å². The molecule has 1 aliphatic heterocycles. The van der Waals surface area contributed by atoms with Crippen LogP contribution in [0, 0.1) is 0 Å². The van der Waals surface area contributed by atoms with Crippen LogP contribution >= 0.6 is 0 Å². The molecule has 5 nitrogen and oxygen atoms in total. The molecule has 0 amide bonds. The first kappa shape index (κ1) is 11.3. The van der Waals surface area contributed by atoms with E-state index < -0.39 is 0 Å². The molecule has 2 rings (SSSR count). The number of nitrogens with one attached hydrogen (secondary N) is 1. The molecule has 1 aromatic rings. The van der Waals surface area contributed by atoms with E-state index in [-0.39, 0.29) is 12.2 Å². The quantitative estimate of drug-likeness (QED) is 0.746. The SMILES string of the molecule is O=c1[nH]c(CCCO)nc2c1CCOCC2. The molecule has 1 aliphatic rings. The van der Waals surface area contributed by atoms with E-state index in [1.54, 1.807) is 0 Å². The van der Waals surface area contributed by atoms with Crippen molar-refractivity contribution in [1.29, 1.82) is 0 Å². The molecule has 0 aliphatic carbocycles. The number of hydrogen-bond donors (Lipinski definition) is 2. The van der Waals surface area contributed by atoms with E-state index >= 15 is 0 Å². The first-order chi connectivity index (χ1) is 7.81. The highest BCUT2D eigenvalue weighted by Gasteiger charge is 2.14. The number of rotatable bonds is 3. The summed E-state index contributed by atoms with van der Waals surface area (Å²) in [7, 11) is 0. The lowest BCUT2D eigenvalue weighted by Gasteiger charge is -2.05. The molecule has 5 heteroatoms. The molecule has 0 saturated heterocycles. The van der Waals surface area contributed by atoms with Crippen molar-refractivity contribution in [3.8, 4) is 0 Å². The van der Waals surface area contributed by atoms with Crippen LogP contribution in [-0.2, 0) is 24.0 Å². The summed E-state index contributed by atoms with van der Waals surface area (Å²) in [5, 5.41) is 8.74. The van der Waals surface area contributed by atoms with E-state index in [1.165, 1.54) is 0 Å². The largest absolute Gasteiger partial charge is 0.396 e. The van der Waals surface area contributed by atoms with E-state index in [2.05, 4.69) is 9.97 Å². The van der Waals surface area contributed by atoms with Gasteiger partial charge in [0, 0.05) is 31.4 Å². The van der Waals surface area contributed by atoms with Crippen LogP contribution in [0.2, 0.25) is 0 Å². The van der Waals surface area contributed by atoms with Crippen LogP contribution in [0.3, 0.4) is 0 Å². The molecule has 0 spiro atoms. The molecular weight excluding hydrogens is 208 g/mol. The van der Waals surface area contributed by atoms with Crippen LogP contribution in [0.1, 0.15) is 23.5 Å². The number of H-pyrrole nitrogens is 1. The van der Waals surface area contributed by atoms with Crippen molar-refractivity contribution in [2.75, 3.05) is 19.8 Å². The Morgan fingerprint density at radius 2 is 2.19 bits per heavy atom. The number of aliphatic hydroxyl groups is 1. The fourth-order valence-corrected chi connectivity index (χ4v) is 1.87. The highest BCUT2D eigenvalue weighted by molar-refractivity contribution is 5.19. The maximum atomic E-state index is 11.8. The number of fused-ring (bicyclic) bond motifs is 1. The first-order valence-corrected chi connectivity index (χ1v) is 5.61. The summed E-state index contributed by atoms with van der Waals surface area (Å²) in [5.74, 6) is 0.666. The van der Waals surface area contributed by atoms with Crippen LogP contribution in [-0.4, -0.2) is 34.9 Å². The van der Waals surface area contributed by atoms with Crippen LogP contribution < -0.4 is 5.56 Å². The first-order valence-electron chi connectivity index (χ1n) is 5.61. The standard InChI is InChI=1S/C11H16N2O3/c14-5-1-2-10-12-9-4-7-16-6-3-8(9)11(15)13-10/h14H,1-7H2,(H,12,13,15). The molecule has 0 saturated carbocycles. The Morgan fingerprint density at radius 3 is 3.00 bits per heavy atom. The van der Waals surface area contributed by atoms with Gasteiger partial charge in [0.15, 0.2) is 0 Å². The Labute approximate surface area is 93.5 Å².